The van der Waals surface area contributed by atoms with E-state index in [9.17, 15) is 65.9 Å². The van der Waals surface area contributed by atoms with Crippen molar-refractivity contribution in [2.75, 3.05) is 0 Å². The molecule has 0 saturated carbocycles. The van der Waals surface area contributed by atoms with E-state index in [0.717, 1.165) is 13.8 Å². The molecule has 0 aliphatic rings. The summed E-state index contributed by atoms with van der Waals surface area (Å²) in [7, 11) is 0. The smallest absolute Gasteiger partial charge is 0.191 e. The second-order valence-electron chi connectivity index (χ2n) is 6.61. The maximum atomic E-state index is 13.9. The fourth-order valence-electron chi connectivity index (χ4n) is 2.34. The maximum absolute atomic E-state index is 13.9. The van der Waals surface area contributed by atoms with Crippen molar-refractivity contribution in [2.45, 2.75) is 50.1 Å². The van der Waals surface area contributed by atoms with Crippen molar-refractivity contribution in [1.82, 2.24) is 0 Å². The quantitative estimate of drug-likeness (QED) is 0.371. The summed E-state index contributed by atoms with van der Waals surface area (Å²) in [5, 5.41) is 0. The van der Waals surface area contributed by atoms with E-state index in [-0.39, 0.29) is 6.42 Å². The Bertz CT molecular complexity index is 746. The molecular formula is C16H10F15. The lowest BCUT2D eigenvalue weighted by Gasteiger charge is -2.31. The summed E-state index contributed by atoms with van der Waals surface area (Å²) >= 11 is 0. The molecule has 31 heavy (non-hydrogen) atoms. The monoisotopic (exact) mass is 487 g/mol. The molecule has 1 radical (unpaired) electrons. The zero-order valence-corrected chi connectivity index (χ0v) is 15.0. The highest BCUT2D eigenvalue weighted by atomic mass is 19.4. The summed E-state index contributed by atoms with van der Waals surface area (Å²) in [4.78, 5) is 0. The van der Waals surface area contributed by atoms with Crippen LogP contribution in [0.1, 0.15) is 36.1 Å². The van der Waals surface area contributed by atoms with Gasteiger partial charge in [-0.3, -0.25) is 0 Å². The summed E-state index contributed by atoms with van der Waals surface area (Å²) < 4.78 is 197. The van der Waals surface area contributed by atoms with Crippen molar-refractivity contribution in [1.29, 1.82) is 0 Å². The number of rotatable bonds is 5. The second-order valence-corrected chi connectivity index (χ2v) is 6.61. The number of hydrogen-bond acceptors (Lipinski definition) is 0. The molecule has 1 aromatic carbocycles. The van der Waals surface area contributed by atoms with Crippen LogP contribution in [-0.2, 0) is 17.8 Å². The fraction of sp³-hybridized carbons (Fsp3) is 0.562. The zero-order chi connectivity index (χ0) is 25.0. The first-order valence-corrected chi connectivity index (χ1v) is 7.77. The molecule has 0 amide bonds. The molecule has 0 heterocycles. The lowest BCUT2D eigenvalue weighted by atomic mass is 9.84. The fourth-order valence-corrected chi connectivity index (χ4v) is 2.34. The Morgan fingerprint density at radius 2 is 0.839 bits per heavy atom. The maximum Gasteiger partial charge on any atom is 0.458 e. The molecule has 1 rings (SSSR count). The van der Waals surface area contributed by atoms with Crippen molar-refractivity contribution in [3.05, 3.63) is 40.8 Å². The van der Waals surface area contributed by atoms with Crippen LogP contribution in [0.3, 0.4) is 0 Å². The van der Waals surface area contributed by atoms with Gasteiger partial charge < -0.3 is 0 Å². The van der Waals surface area contributed by atoms with Crippen LogP contribution in [0.5, 0.6) is 0 Å². The Kier molecular flexibility index (Phi) is 6.71. The largest absolute Gasteiger partial charge is 0.458 e. The van der Waals surface area contributed by atoms with E-state index in [4.69, 9.17) is 0 Å². The molecule has 0 fully saturated rings. The van der Waals surface area contributed by atoms with Crippen molar-refractivity contribution >= 4 is 0 Å². The summed E-state index contributed by atoms with van der Waals surface area (Å²) in [5.41, 5.74) is -10.9. The van der Waals surface area contributed by atoms with E-state index in [1.54, 1.807) is 0 Å². The molecule has 0 aromatic heterocycles. The van der Waals surface area contributed by atoms with Gasteiger partial charge in [-0.15, -0.1) is 0 Å². The van der Waals surface area contributed by atoms with Gasteiger partial charge in [-0.05, 0) is 30.0 Å². The van der Waals surface area contributed by atoms with Crippen molar-refractivity contribution in [3.8, 4) is 0 Å². The third kappa shape index (κ3) is 4.83. The molecule has 1 aromatic rings. The van der Waals surface area contributed by atoms with E-state index < -0.39 is 76.6 Å². The van der Waals surface area contributed by atoms with Gasteiger partial charge in [0.05, 0.1) is 0 Å². The average Bonchev–Trinajstić information content (AvgIpc) is 2.50. The Hall–Kier alpha value is -1.83. The van der Waals surface area contributed by atoms with Crippen molar-refractivity contribution in [3.63, 3.8) is 0 Å². The summed E-state index contributed by atoms with van der Waals surface area (Å²) in [6.07, 6.45) is -20.1. The van der Waals surface area contributed by atoms with Gasteiger partial charge in [-0.2, -0.15) is 65.9 Å². The Balaban J connectivity index is 4.25. The van der Waals surface area contributed by atoms with Gasteiger partial charge in [0.25, 0.3) is 0 Å². The minimum atomic E-state index is -6.73. The van der Waals surface area contributed by atoms with Crippen LogP contribution in [0, 0.1) is 12.3 Å². The van der Waals surface area contributed by atoms with Gasteiger partial charge in [-0.1, -0.05) is 13.8 Å². The van der Waals surface area contributed by atoms with Gasteiger partial charge in [0.15, 0.2) is 0 Å². The van der Waals surface area contributed by atoms with Gasteiger partial charge in [0, 0.05) is 16.7 Å². The molecule has 0 saturated heterocycles. The van der Waals surface area contributed by atoms with Crippen molar-refractivity contribution < 1.29 is 65.9 Å². The third-order valence-electron chi connectivity index (χ3n) is 3.79. The van der Waals surface area contributed by atoms with Gasteiger partial charge in [0.2, 0.25) is 0 Å². The molecule has 0 nitrogen and oxygen atoms in total. The molecule has 0 unspecified atom stereocenters. The predicted octanol–water partition coefficient (Wildman–Crippen LogP) is 7.86. The van der Waals surface area contributed by atoms with Gasteiger partial charge >= 0.3 is 36.3 Å². The Morgan fingerprint density at radius 1 is 0.548 bits per heavy atom. The first-order valence-electron chi connectivity index (χ1n) is 7.77. The van der Waals surface area contributed by atoms with E-state index in [2.05, 4.69) is 0 Å². The topological polar surface area (TPSA) is 0 Å². The van der Waals surface area contributed by atoms with E-state index >= 15 is 0 Å². The molecule has 15 heteroatoms. The van der Waals surface area contributed by atoms with Crippen LogP contribution in [0.2, 0.25) is 0 Å². The summed E-state index contributed by atoms with van der Waals surface area (Å²) in [6, 6.07) is -2.16. The zero-order valence-electron chi connectivity index (χ0n) is 15.0. The normalized spacial score (nSPS) is 15.0. The van der Waals surface area contributed by atoms with Crippen LogP contribution >= 0.6 is 0 Å². The average molecular weight is 487 g/mol. The number of alkyl halides is 15. The lowest BCUT2D eigenvalue weighted by Crippen LogP contribution is -2.40. The second kappa shape index (κ2) is 7.64. The Morgan fingerprint density at radius 3 is 1.06 bits per heavy atom. The number of benzene rings is 1. The molecule has 0 aliphatic carbocycles. The standard InChI is InChI=1S/C16H10F15/c1-6(2)3-8-9(12(19,20)15(26,27)28)4-7(11(17,18)14(23,24)25)5-10(8)13(21,22)16(29,30)31/h3-6H,1-2H3. The minimum absolute atomic E-state index is 0.0411. The molecule has 0 N–H and O–H groups in total. The first kappa shape index (κ1) is 27.2. The van der Waals surface area contributed by atoms with E-state index in [0.29, 0.717) is 0 Å². The highest BCUT2D eigenvalue weighted by Crippen LogP contribution is 2.54. The van der Waals surface area contributed by atoms with Crippen LogP contribution in [0.15, 0.2) is 12.1 Å². The molecule has 0 spiro atoms. The lowest BCUT2D eigenvalue weighted by molar-refractivity contribution is -0.295. The molecular weight excluding hydrogens is 477 g/mol. The van der Waals surface area contributed by atoms with Crippen LogP contribution in [0.25, 0.3) is 0 Å². The number of hydrogen-bond donors (Lipinski definition) is 0. The highest BCUT2D eigenvalue weighted by molar-refractivity contribution is 5.50. The molecule has 0 bridgehead atoms. The highest BCUT2D eigenvalue weighted by Gasteiger charge is 2.65. The van der Waals surface area contributed by atoms with Crippen LogP contribution in [-0.4, -0.2) is 18.5 Å². The van der Waals surface area contributed by atoms with Gasteiger partial charge in [0.1, 0.15) is 0 Å². The number of halogens is 15. The van der Waals surface area contributed by atoms with Crippen LogP contribution in [0.4, 0.5) is 65.9 Å². The molecule has 0 atom stereocenters. The van der Waals surface area contributed by atoms with E-state index in [1.807, 2.05) is 0 Å². The first-order chi connectivity index (χ1) is 13.4. The van der Waals surface area contributed by atoms with Crippen molar-refractivity contribution in [2.24, 2.45) is 5.92 Å². The summed E-state index contributed by atoms with van der Waals surface area (Å²) in [6.45, 7) is 1.87. The van der Waals surface area contributed by atoms with Crippen LogP contribution < -0.4 is 0 Å². The Labute approximate surface area is 164 Å². The third-order valence-corrected chi connectivity index (χ3v) is 3.79. The molecule has 0 aliphatic heterocycles. The summed E-state index contributed by atoms with van der Waals surface area (Å²) in [5.74, 6) is -20.4. The van der Waals surface area contributed by atoms with E-state index in [1.165, 1.54) is 0 Å². The van der Waals surface area contributed by atoms with Gasteiger partial charge in [-0.25, -0.2) is 0 Å². The predicted molar refractivity (Wildman–Crippen MR) is 74.5 cm³/mol. The SMILES string of the molecule is CC(C)[CH]c1c(C(F)(F)C(F)(F)F)cc(C(F)(F)C(F)(F)F)cc1C(F)(F)C(F)(F)F. The minimum Gasteiger partial charge on any atom is -0.191 e. The molecule has 179 valence electrons.